The van der Waals surface area contributed by atoms with Crippen LogP contribution in [0.1, 0.15) is 11.6 Å². The van der Waals surface area contributed by atoms with Gasteiger partial charge in [0.15, 0.2) is 11.5 Å². The number of pyridine rings is 1. The van der Waals surface area contributed by atoms with Crippen molar-refractivity contribution in [1.82, 2.24) is 19.4 Å². The lowest BCUT2D eigenvalue weighted by Crippen LogP contribution is -2.53. The number of fused-ring (bicyclic) bond motifs is 1. The molecule has 0 spiro atoms. The normalized spacial score (nSPS) is 14.6. The Kier molecular flexibility index (Phi) is 4.64. The summed E-state index contributed by atoms with van der Waals surface area (Å²) in [5, 5.41) is 0. The highest BCUT2D eigenvalue weighted by atomic mass is 19.4. The van der Waals surface area contributed by atoms with Gasteiger partial charge in [-0.2, -0.15) is 13.2 Å². The first-order chi connectivity index (χ1) is 14.2. The molecule has 1 amide bonds. The molecule has 1 aliphatic heterocycles. The van der Waals surface area contributed by atoms with Crippen LogP contribution in [0.5, 0.6) is 0 Å². The molecule has 0 radical (unpaired) electrons. The first kappa shape index (κ1) is 19.7. The highest BCUT2D eigenvalue weighted by Gasteiger charge is 2.35. The maximum Gasteiger partial charge on any atom is 0.416 e. The van der Waals surface area contributed by atoms with Crippen molar-refractivity contribution in [3.05, 3.63) is 70.9 Å². The van der Waals surface area contributed by atoms with E-state index >= 15 is 0 Å². The summed E-state index contributed by atoms with van der Waals surface area (Å²) in [4.78, 5) is 34.5. The Morgan fingerprint density at radius 2 is 1.80 bits per heavy atom. The number of carbonyl (C=O) groups is 1. The van der Waals surface area contributed by atoms with Crippen molar-refractivity contribution < 1.29 is 22.4 Å². The molecule has 0 N–H and O–H groups in total. The number of likely N-dealkylation sites (tertiary alicyclic amines) is 1. The fourth-order valence-electron chi connectivity index (χ4n) is 3.34. The second kappa shape index (κ2) is 7.05. The van der Waals surface area contributed by atoms with Crippen molar-refractivity contribution in [3.63, 3.8) is 0 Å². The third-order valence-corrected chi connectivity index (χ3v) is 4.88. The third kappa shape index (κ3) is 3.34. The fraction of sp³-hybridized carbons (Fsp3) is 0.200. The Balaban J connectivity index is 1.78. The van der Waals surface area contributed by atoms with Gasteiger partial charge in [0.1, 0.15) is 11.2 Å². The van der Waals surface area contributed by atoms with Crippen LogP contribution in [0.3, 0.4) is 0 Å². The van der Waals surface area contributed by atoms with Crippen LogP contribution in [0, 0.1) is 0 Å². The van der Waals surface area contributed by atoms with Crippen LogP contribution in [0.25, 0.3) is 22.4 Å². The van der Waals surface area contributed by atoms with Crippen LogP contribution >= 0.6 is 0 Å². The molecule has 1 aliphatic rings. The number of nitrogens with zero attached hydrogens (tertiary/aromatic N) is 4. The van der Waals surface area contributed by atoms with Gasteiger partial charge in [-0.05, 0) is 24.3 Å². The van der Waals surface area contributed by atoms with E-state index in [1.54, 1.807) is 12.1 Å². The summed E-state index contributed by atoms with van der Waals surface area (Å²) in [5.41, 5.74) is -0.576. The number of rotatable bonds is 3. The minimum Gasteiger partial charge on any atom is -0.332 e. The van der Waals surface area contributed by atoms with E-state index in [9.17, 15) is 27.2 Å². The van der Waals surface area contributed by atoms with Gasteiger partial charge in [0.05, 0.1) is 11.6 Å². The lowest BCUT2D eigenvalue weighted by Gasteiger charge is -2.39. The highest BCUT2D eigenvalue weighted by molar-refractivity contribution is 5.91. The summed E-state index contributed by atoms with van der Waals surface area (Å²) >= 11 is 0. The van der Waals surface area contributed by atoms with Crippen LogP contribution < -0.4 is 5.56 Å². The molecular formula is C20H14F4N4O2. The molecule has 154 valence electrons. The van der Waals surface area contributed by atoms with Gasteiger partial charge in [-0.25, -0.2) is 14.4 Å². The average molecular weight is 418 g/mol. The standard InChI is InChI=1S/C20H14F4N4O2/c1-11(21)18(29)27-9-14(10-27)28-17-15(3-2-8-25-17)26-16(19(28)30)12-4-6-13(7-5-12)20(22,23)24/h2-8,14H,1,9-10H2. The molecule has 1 fully saturated rings. The molecule has 1 saturated heterocycles. The number of hydrogen-bond acceptors (Lipinski definition) is 4. The van der Waals surface area contributed by atoms with Crippen LogP contribution in [0.2, 0.25) is 0 Å². The van der Waals surface area contributed by atoms with Gasteiger partial charge in [-0.1, -0.05) is 18.7 Å². The van der Waals surface area contributed by atoms with Crippen molar-refractivity contribution in [1.29, 1.82) is 0 Å². The van der Waals surface area contributed by atoms with Crippen LogP contribution in [-0.2, 0) is 11.0 Å². The number of hydrogen-bond donors (Lipinski definition) is 0. The van der Waals surface area contributed by atoms with Crippen molar-refractivity contribution in [2.24, 2.45) is 0 Å². The Morgan fingerprint density at radius 1 is 1.13 bits per heavy atom. The van der Waals surface area contributed by atoms with Crippen LogP contribution in [-0.4, -0.2) is 38.4 Å². The molecule has 4 rings (SSSR count). The molecular weight excluding hydrogens is 404 g/mol. The topological polar surface area (TPSA) is 68.1 Å². The minimum atomic E-state index is -4.50. The maximum atomic E-state index is 13.2. The second-order valence-electron chi connectivity index (χ2n) is 6.83. The summed E-state index contributed by atoms with van der Waals surface area (Å²) in [6.07, 6.45) is -3.02. The van der Waals surface area contributed by atoms with E-state index < -0.39 is 35.1 Å². The number of aromatic nitrogens is 3. The predicted octanol–water partition coefficient (Wildman–Crippen LogP) is 3.34. The Bertz CT molecular complexity index is 1210. The molecule has 3 aromatic rings. The number of carbonyl (C=O) groups excluding carboxylic acids is 1. The number of alkyl halides is 3. The second-order valence-corrected chi connectivity index (χ2v) is 6.83. The van der Waals surface area contributed by atoms with E-state index in [2.05, 4.69) is 16.5 Å². The van der Waals surface area contributed by atoms with E-state index in [1.165, 1.54) is 27.8 Å². The smallest absolute Gasteiger partial charge is 0.332 e. The van der Waals surface area contributed by atoms with E-state index in [-0.39, 0.29) is 30.0 Å². The van der Waals surface area contributed by atoms with Gasteiger partial charge >= 0.3 is 6.18 Å². The molecule has 30 heavy (non-hydrogen) atoms. The van der Waals surface area contributed by atoms with Gasteiger partial charge in [0.2, 0.25) is 0 Å². The van der Waals surface area contributed by atoms with Crippen LogP contribution in [0.4, 0.5) is 17.6 Å². The largest absolute Gasteiger partial charge is 0.416 e. The zero-order valence-electron chi connectivity index (χ0n) is 15.4. The van der Waals surface area contributed by atoms with Gasteiger partial charge in [0.25, 0.3) is 11.5 Å². The molecule has 3 heterocycles. The maximum absolute atomic E-state index is 13.2. The molecule has 6 nitrogen and oxygen atoms in total. The summed E-state index contributed by atoms with van der Waals surface area (Å²) < 4.78 is 52.9. The number of halogens is 4. The lowest BCUT2D eigenvalue weighted by atomic mass is 10.1. The number of amides is 1. The first-order valence-corrected chi connectivity index (χ1v) is 8.85. The van der Waals surface area contributed by atoms with Gasteiger partial charge < -0.3 is 4.90 Å². The molecule has 0 unspecified atom stereocenters. The third-order valence-electron chi connectivity index (χ3n) is 4.88. The van der Waals surface area contributed by atoms with Crippen molar-refractivity contribution in [2.45, 2.75) is 12.2 Å². The monoisotopic (exact) mass is 418 g/mol. The van der Waals surface area contributed by atoms with Crippen LogP contribution in [0.15, 0.2) is 59.8 Å². The molecule has 0 atom stereocenters. The zero-order chi connectivity index (χ0) is 21.6. The summed E-state index contributed by atoms with van der Waals surface area (Å²) in [6, 6.07) is 6.89. The zero-order valence-corrected chi connectivity index (χ0v) is 15.4. The summed E-state index contributed by atoms with van der Waals surface area (Å²) in [7, 11) is 0. The molecule has 0 bridgehead atoms. The molecule has 1 aromatic carbocycles. The minimum absolute atomic E-state index is 0.0381. The van der Waals surface area contributed by atoms with Gasteiger partial charge in [0, 0.05) is 24.8 Å². The Labute approximate surface area is 167 Å². The fourth-order valence-corrected chi connectivity index (χ4v) is 3.34. The Morgan fingerprint density at radius 3 is 2.40 bits per heavy atom. The predicted molar refractivity (Wildman–Crippen MR) is 100 cm³/mol. The van der Waals surface area contributed by atoms with Crippen molar-refractivity contribution in [3.8, 4) is 11.3 Å². The molecule has 10 heteroatoms. The van der Waals surface area contributed by atoms with Crippen molar-refractivity contribution in [2.75, 3.05) is 13.1 Å². The average Bonchev–Trinajstić information content (AvgIpc) is 2.67. The van der Waals surface area contributed by atoms with E-state index in [0.717, 1.165) is 12.1 Å². The molecule has 0 aliphatic carbocycles. The molecule has 2 aromatic heterocycles. The summed E-state index contributed by atoms with van der Waals surface area (Å²) in [5.74, 6) is -1.95. The summed E-state index contributed by atoms with van der Waals surface area (Å²) in [6.45, 7) is 3.12. The SMILES string of the molecule is C=C(F)C(=O)N1CC(n2c(=O)c(-c3ccc(C(F)(F)F)cc3)nc3cccnc32)C1. The van der Waals surface area contributed by atoms with E-state index in [1.807, 2.05) is 0 Å². The molecule has 0 saturated carbocycles. The van der Waals surface area contributed by atoms with E-state index in [4.69, 9.17) is 0 Å². The number of benzene rings is 1. The quantitative estimate of drug-likeness (QED) is 0.483. The first-order valence-electron chi connectivity index (χ1n) is 8.85. The van der Waals surface area contributed by atoms with Crippen molar-refractivity contribution >= 4 is 17.1 Å². The highest BCUT2D eigenvalue weighted by Crippen LogP contribution is 2.31. The lowest BCUT2D eigenvalue weighted by molar-refractivity contribution is -0.137. The van der Waals surface area contributed by atoms with E-state index in [0.29, 0.717) is 5.52 Å². The Hall–Kier alpha value is -3.56. The van der Waals surface area contributed by atoms with Gasteiger partial charge in [-0.15, -0.1) is 0 Å². The van der Waals surface area contributed by atoms with Gasteiger partial charge in [-0.3, -0.25) is 14.2 Å².